The molecule has 7 nitrogen and oxygen atoms in total. The Bertz CT molecular complexity index is 902. The van der Waals surface area contributed by atoms with E-state index in [1.165, 1.54) is 17.4 Å². The highest BCUT2D eigenvalue weighted by atomic mass is 32.1. The minimum atomic E-state index is -1.05. The van der Waals surface area contributed by atoms with Crippen LogP contribution in [0.1, 0.15) is 17.3 Å². The van der Waals surface area contributed by atoms with Gasteiger partial charge >= 0.3 is 5.97 Å². The average molecular weight is 339 g/mol. The summed E-state index contributed by atoms with van der Waals surface area (Å²) in [5, 5.41) is 25.7. The fourth-order valence-corrected chi connectivity index (χ4v) is 2.74. The zero-order valence-electron chi connectivity index (χ0n) is 12.7. The lowest BCUT2D eigenvalue weighted by Crippen LogP contribution is -1.96. The molecule has 1 aromatic heterocycles. The van der Waals surface area contributed by atoms with Gasteiger partial charge in [-0.15, -0.1) is 5.11 Å². The second kappa shape index (κ2) is 7.05. The first-order valence-electron chi connectivity index (χ1n) is 7.13. The number of benzene rings is 2. The standard InChI is InChI=1S/C16H13N5O2S/c1-10(18-20-12-7-3-2-6-11(12)15(22)23)19-21-16-17-13-8-4-5-9-14(13)24-16/h2-10H,1H3,(H,22,23). The molecule has 3 rings (SSSR count). The van der Waals surface area contributed by atoms with E-state index in [-0.39, 0.29) is 11.3 Å². The lowest BCUT2D eigenvalue weighted by molar-refractivity contribution is 0.0697. The molecular formula is C16H13N5O2S. The third-order valence-corrected chi connectivity index (χ3v) is 3.98. The van der Waals surface area contributed by atoms with E-state index in [1.54, 1.807) is 25.1 Å². The number of para-hydroxylation sites is 1. The number of thiazole rings is 1. The van der Waals surface area contributed by atoms with Crippen molar-refractivity contribution in [3.05, 3.63) is 54.1 Å². The molecule has 1 unspecified atom stereocenters. The lowest BCUT2D eigenvalue weighted by Gasteiger charge is -1.99. The van der Waals surface area contributed by atoms with Crippen molar-refractivity contribution >= 4 is 38.3 Å². The number of aromatic carboxylic acids is 1. The summed E-state index contributed by atoms with van der Waals surface area (Å²) in [6.45, 7) is 1.71. The summed E-state index contributed by atoms with van der Waals surface area (Å²) in [4.78, 5) is 15.5. The Hall–Kier alpha value is -3.00. The molecule has 0 aliphatic rings. The molecular weight excluding hydrogens is 326 g/mol. The molecule has 0 fully saturated rings. The molecule has 0 radical (unpaired) electrons. The Morgan fingerprint density at radius 2 is 1.79 bits per heavy atom. The highest BCUT2D eigenvalue weighted by Crippen LogP contribution is 2.28. The molecule has 1 atom stereocenters. The van der Waals surface area contributed by atoms with Gasteiger partial charge in [-0.2, -0.15) is 15.3 Å². The number of aromatic nitrogens is 1. The Labute approximate surface area is 141 Å². The maximum atomic E-state index is 11.1. The summed E-state index contributed by atoms with van der Waals surface area (Å²) in [6, 6.07) is 14.1. The number of rotatable bonds is 5. The van der Waals surface area contributed by atoms with Crippen molar-refractivity contribution in [2.45, 2.75) is 13.1 Å². The number of hydrogen-bond acceptors (Lipinski definition) is 7. The first-order valence-corrected chi connectivity index (χ1v) is 7.95. The zero-order valence-corrected chi connectivity index (χ0v) is 13.5. The minimum absolute atomic E-state index is 0.0940. The van der Waals surface area contributed by atoms with Crippen LogP contribution in [0.25, 0.3) is 10.2 Å². The van der Waals surface area contributed by atoms with Crippen LogP contribution in [0.5, 0.6) is 0 Å². The van der Waals surface area contributed by atoms with Gasteiger partial charge in [0.25, 0.3) is 0 Å². The highest BCUT2D eigenvalue weighted by molar-refractivity contribution is 7.21. The van der Waals surface area contributed by atoms with Crippen LogP contribution in [-0.4, -0.2) is 22.2 Å². The van der Waals surface area contributed by atoms with E-state index in [4.69, 9.17) is 5.11 Å². The number of carboxylic acid groups (broad SMARTS) is 1. The van der Waals surface area contributed by atoms with Crippen LogP contribution in [-0.2, 0) is 0 Å². The third-order valence-electron chi connectivity index (χ3n) is 3.06. The zero-order chi connectivity index (χ0) is 16.9. The van der Waals surface area contributed by atoms with Crippen LogP contribution in [0.2, 0.25) is 0 Å². The third kappa shape index (κ3) is 3.66. The number of fused-ring (bicyclic) bond motifs is 1. The highest BCUT2D eigenvalue weighted by Gasteiger charge is 2.08. The Balaban J connectivity index is 1.73. The molecule has 0 bridgehead atoms. The van der Waals surface area contributed by atoms with E-state index in [0.29, 0.717) is 5.13 Å². The normalized spacial score (nSPS) is 13.0. The molecule has 0 aliphatic heterocycles. The van der Waals surface area contributed by atoms with E-state index in [0.717, 1.165) is 10.2 Å². The molecule has 0 saturated carbocycles. The second-order valence-corrected chi connectivity index (χ2v) is 5.86. The van der Waals surface area contributed by atoms with E-state index in [1.807, 2.05) is 24.3 Å². The smallest absolute Gasteiger partial charge is 0.337 e. The lowest BCUT2D eigenvalue weighted by atomic mass is 10.2. The summed E-state index contributed by atoms with van der Waals surface area (Å²) in [5.74, 6) is -1.05. The van der Waals surface area contributed by atoms with E-state index in [9.17, 15) is 4.79 Å². The van der Waals surface area contributed by atoms with Gasteiger partial charge in [0, 0.05) is 0 Å². The fraction of sp³-hybridized carbons (Fsp3) is 0.125. The first-order chi connectivity index (χ1) is 11.6. The van der Waals surface area contributed by atoms with Crippen molar-refractivity contribution in [1.29, 1.82) is 0 Å². The topological polar surface area (TPSA) is 99.6 Å². The molecule has 1 heterocycles. The molecule has 24 heavy (non-hydrogen) atoms. The molecule has 1 N–H and O–H groups in total. The predicted octanol–water partition coefficient (Wildman–Crippen LogP) is 5.21. The summed E-state index contributed by atoms with van der Waals surface area (Å²) in [7, 11) is 0. The minimum Gasteiger partial charge on any atom is -0.478 e. The van der Waals surface area contributed by atoms with E-state index < -0.39 is 12.1 Å². The van der Waals surface area contributed by atoms with Crippen molar-refractivity contribution < 1.29 is 9.90 Å². The number of hydrogen-bond donors (Lipinski definition) is 1. The van der Waals surface area contributed by atoms with Gasteiger partial charge in [0.1, 0.15) is 0 Å². The molecule has 0 spiro atoms. The molecule has 3 aromatic rings. The van der Waals surface area contributed by atoms with Crippen molar-refractivity contribution in [3.63, 3.8) is 0 Å². The quantitative estimate of drug-likeness (QED) is 0.646. The SMILES string of the molecule is CC(N=Nc1nc2ccccc2s1)N=Nc1ccccc1C(=O)O. The van der Waals surface area contributed by atoms with Gasteiger partial charge in [-0.1, -0.05) is 35.6 Å². The van der Waals surface area contributed by atoms with Crippen LogP contribution >= 0.6 is 11.3 Å². The number of carboxylic acids is 1. The van der Waals surface area contributed by atoms with Gasteiger partial charge in [-0.25, -0.2) is 9.78 Å². The maximum absolute atomic E-state index is 11.1. The van der Waals surface area contributed by atoms with Crippen LogP contribution in [0.3, 0.4) is 0 Å². The molecule has 2 aromatic carbocycles. The average Bonchev–Trinajstić information content (AvgIpc) is 3.01. The van der Waals surface area contributed by atoms with E-state index in [2.05, 4.69) is 25.4 Å². The molecule has 0 aliphatic carbocycles. The Morgan fingerprint density at radius 3 is 2.58 bits per heavy atom. The summed E-state index contributed by atoms with van der Waals surface area (Å²) in [5.41, 5.74) is 1.25. The Kier molecular flexibility index (Phi) is 4.66. The largest absolute Gasteiger partial charge is 0.478 e. The molecule has 0 saturated heterocycles. The van der Waals surface area contributed by atoms with Crippen LogP contribution in [0.15, 0.2) is 69.0 Å². The number of azo groups is 2. The van der Waals surface area contributed by atoms with Crippen molar-refractivity contribution in [2.24, 2.45) is 20.5 Å². The van der Waals surface area contributed by atoms with Crippen molar-refractivity contribution in [1.82, 2.24) is 4.98 Å². The van der Waals surface area contributed by atoms with Crippen LogP contribution < -0.4 is 0 Å². The number of carbonyl (C=O) groups is 1. The van der Waals surface area contributed by atoms with Gasteiger partial charge in [-0.05, 0) is 31.2 Å². The van der Waals surface area contributed by atoms with Crippen molar-refractivity contribution in [3.8, 4) is 0 Å². The van der Waals surface area contributed by atoms with Gasteiger partial charge in [-0.3, -0.25) is 0 Å². The van der Waals surface area contributed by atoms with Crippen LogP contribution in [0.4, 0.5) is 10.8 Å². The van der Waals surface area contributed by atoms with Gasteiger partial charge < -0.3 is 5.11 Å². The second-order valence-electron chi connectivity index (χ2n) is 4.85. The summed E-state index contributed by atoms with van der Waals surface area (Å²) < 4.78 is 1.04. The maximum Gasteiger partial charge on any atom is 0.337 e. The summed E-state index contributed by atoms with van der Waals surface area (Å²) >= 11 is 1.44. The molecule has 120 valence electrons. The first kappa shape index (κ1) is 15.9. The van der Waals surface area contributed by atoms with Crippen LogP contribution in [0, 0.1) is 0 Å². The number of nitrogens with zero attached hydrogens (tertiary/aromatic N) is 5. The summed E-state index contributed by atoms with van der Waals surface area (Å²) in [6.07, 6.45) is -0.543. The monoisotopic (exact) mass is 339 g/mol. The van der Waals surface area contributed by atoms with Gasteiger partial charge in [0.2, 0.25) is 5.13 Å². The van der Waals surface area contributed by atoms with Crippen molar-refractivity contribution in [2.75, 3.05) is 0 Å². The molecule has 0 amide bonds. The van der Waals surface area contributed by atoms with Gasteiger partial charge in [0.05, 0.1) is 21.5 Å². The van der Waals surface area contributed by atoms with E-state index >= 15 is 0 Å². The molecule has 8 heteroatoms. The predicted molar refractivity (Wildman–Crippen MR) is 91.5 cm³/mol. The fourth-order valence-electron chi connectivity index (χ4n) is 1.95. The Morgan fingerprint density at radius 1 is 1.08 bits per heavy atom. The van der Waals surface area contributed by atoms with Gasteiger partial charge in [0.15, 0.2) is 6.17 Å².